The molecule has 186 valence electrons. The molecule has 0 aliphatic carbocycles. The van der Waals surface area contributed by atoms with Gasteiger partial charge < -0.3 is 4.90 Å². The number of carbonyl (C=O) groups excluding carboxylic acids is 3. The lowest BCUT2D eigenvalue weighted by Gasteiger charge is -2.42. The second-order valence-electron chi connectivity index (χ2n) is 10.4. The minimum atomic E-state index is -1.23. The number of benzene rings is 3. The van der Waals surface area contributed by atoms with Crippen molar-refractivity contribution in [3.05, 3.63) is 95.8 Å². The second-order valence-corrected chi connectivity index (χ2v) is 10.4. The maximum atomic E-state index is 14.7. The summed E-state index contributed by atoms with van der Waals surface area (Å²) in [5.74, 6) is -2.39. The van der Waals surface area contributed by atoms with Crippen LogP contribution in [0.4, 0.5) is 15.8 Å². The molecule has 0 saturated carbocycles. The van der Waals surface area contributed by atoms with Gasteiger partial charge in [-0.3, -0.25) is 19.3 Å². The van der Waals surface area contributed by atoms with Crippen LogP contribution in [0.2, 0.25) is 0 Å². The summed E-state index contributed by atoms with van der Waals surface area (Å²) < 4.78 is 13.6. The fourth-order valence-electron chi connectivity index (χ4n) is 7.27. The number of nitrogens with zero attached hydrogens (tertiary/aromatic N) is 3. The summed E-state index contributed by atoms with van der Waals surface area (Å²) in [6.45, 7) is 0.923. The monoisotopic (exact) mass is 495 g/mol. The minimum absolute atomic E-state index is 0.173. The van der Waals surface area contributed by atoms with Gasteiger partial charge in [-0.2, -0.15) is 0 Å². The first-order valence-corrected chi connectivity index (χ1v) is 12.9. The molecule has 3 aromatic rings. The number of fused-ring (bicyclic) bond motifs is 7. The standard InChI is InChI=1S/C30H26FN3O3/c31-20-15-13-19(14-16-20)18-32-23-11-5-4-10-22(23)30(29(32)37)26-25(24-12-6-7-17-33(24)30)27(35)34(28(26)36)21-8-2-1-3-9-21/h1-5,8-11,13-16,24-26H,6-7,12,17-18H2/t24-,25+,26+,30-/m1/s1. The minimum Gasteiger partial charge on any atom is -0.306 e. The molecule has 0 aromatic heterocycles. The lowest BCUT2D eigenvalue weighted by atomic mass is 9.76. The SMILES string of the molecule is O=C1[C@H]2[C@H]3CCCCN3[C@@]3(C(=O)N(Cc4ccc(F)cc4)c4ccccc43)[C@@H]2C(=O)N1c1ccccc1. The van der Waals surface area contributed by atoms with Gasteiger partial charge in [0.2, 0.25) is 11.8 Å². The van der Waals surface area contributed by atoms with Crippen LogP contribution < -0.4 is 9.80 Å². The molecule has 3 aromatic carbocycles. The van der Waals surface area contributed by atoms with E-state index in [1.807, 2.05) is 42.5 Å². The van der Waals surface area contributed by atoms with Gasteiger partial charge in [-0.05, 0) is 55.3 Å². The van der Waals surface area contributed by atoms with Crippen molar-refractivity contribution in [2.75, 3.05) is 16.3 Å². The zero-order chi connectivity index (χ0) is 25.3. The van der Waals surface area contributed by atoms with Gasteiger partial charge in [-0.25, -0.2) is 9.29 Å². The number of piperidine rings is 1. The highest BCUT2D eigenvalue weighted by molar-refractivity contribution is 6.26. The highest BCUT2D eigenvalue weighted by Crippen LogP contribution is 2.61. The second kappa shape index (κ2) is 8.08. The van der Waals surface area contributed by atoms with Crippen molar-refractivity contribution in [1.82, 2.24) is 4.90 Å². The number of amides is 3. The van der Waals surface area contributed by atoms with E-state index in [0.29, 0.717) is 12.2 Å². The first-order valence-electron chi connectivity index (χ1n) is 12.9. The largest absolute Gasteiger partial charge is 0.306 e. The number of imide groups is 1. The maximum absolute atomic E-state index is 14.7. The number of para-hydroxylation sites is 2. The fraction of sp³-hybridized carbons (Fsp3) is 0.300. The highest BCUT2D eigenvalue weighted by Gasteiger charge is 2.75. The summed E-state index contributed by atoms with van der Waals surface area (Å²) in [5, 5.41) is 0. The molecule has 4 atom stereocenters. The molecule has 0 N–H and O–H groups in total. The van der Waals surface area contributed by atoms with Crippen LogP contribution in [0.1, 0.15) is 30.4 Å². The molecule has 6 nitrogen and oxygen atoms in total. The Morgan fingerprint density at radius 1 is 0.838 bits per heavy atom. The van der Waals surface area contributed by atoms with Gasteiger partial charge >= 0.3 is 0 Å². The highest BCUT2D eigenvalue weighted by atomic mass is 19.1. The van der Waals surface area contributed by atoms with Crippen molar-refractivity contribution in [1.29, 1.82) is 0 Å². The van der Waals surface area contributed by atoms with Gasteiger partial charge in [0.05, 0.1) is 24.1 Å². The molecule has 7 rings (SSSR count). The molecule has 37 heavy (non-hydrogen) atoms. The van der Waals surface area contributed by atoms with E-state index in [4.69, 9.17) is 0 Å². The van der Waals surface area contributed by atoms with Crippen LogP contribution in [0.25, 0.3) is 0 Å². The number of anilines is 2. The first-order chi connectivity index (χ1) is 18.0. The van der Waals surface area contributed by atoms with Crippen LogP contribution in [0.3, 0.4) is 0 Å². The Bertz CT molecular complexity index is 1430. The average molecular weight is 496 g/mol. The van der Waals surface area contributed by atoms with Crippen LogP contribution >= 0.6 is 0 Å². The average Bonchev–Trinajstić information content (AvgIpc) is 3.47. The quantitative estimate of drug-likeness (QED) is 0.510. The summed E-state index contributed by atoms with van der Waals surface area (Å²) in [6.07, 6.45) is 2.65. The van der Waals surface area contributed by atoms with Crippen LogP contribution in [0.15, 0.2) is 78.9 Å². The summed E-state index contributed by atoms with van der Waals surface area (Å²) in [4.78, 5) is 48.0. The van der Waals surface area contributed by atoms with Crippen molar-refractivity contribution in [2.24, 2.45) is 11.8 Å². The summed E-state index contributed by atoms with van der Waals surface area (Å²) in [5.41, 5.74) is 1.65. The summed E-state index contributed by atoms with van der Waals surface area (Å²) >= 11 is 0. The lowest BCUT2D eigenvalue weighted by molar-refractivity contribution is -0.138. The Morgan fingerprint density at radius 3 is 2.35 bits per heavy atom. The van der Waals surface area contributed by atoms with Crippen molar-refractivity contribution in [3.63, 3.8) is 0 Å². The summed E-state index contributed by atoms with van der Waals surface area (Å²) in [6, 6.07) is 22.6. The molecule has 0 unspecified atom stereocenters. The molecule has 0 radical (unpaired) electrons. The molecule has 4 aliphatic rings. The van der Waals surface area contributed by atoms with E-state index >= 15 is 0 Å². The van der Waals surface area contributed by atoms with Crippen LogP contribution in [-0.4, -0.2) is 35.2 Å². The number of rotatable bonds is 3. The maximum Gasteiger partial charge on any atom is 0.253 e. The zero-order valence-electron chi connectivity index (χ0n) is 20.2. The predicted molar refractivity (Wildman–Crippen MR) is 136 cm³/mol. The van der Waals surface area contributed by atoms with Crippen LogP contribution in [0, 0.1) is 17.7 Å². The molecule has 3 saturated heterocycles. The van der Waals surface area contributed by atoms with Crippen LogP contribution in [-0.2, 0) is 26.5 Å². The molecule has 0 bridgehead atoms. The molecule has 1 spiro atoms. The van der Waals surface area contributed by atoms with Gasteiger partial charge in [-0.15, -0.1) is 0 Å². The van der Waals surface area contributed by atoms with E-state index < -0.39 is 17.4 Å². The normalized spacial score (nSPS) is 28.7. The zero-order valence-corrected chi connectivity index (χ0v) is 20.2. The van der Waals surface area contributed by atoms with Crippen molar-refractivity contribution in [2.45, 2.75) is 37.4 Å². The third-order valence-electron chi connectivity index (χ3n) is 8.66. The van der Waals surface area contributed by atoms with Crippen molar-refractivity contribution < 1.29 is 18.8 Å². The number of hydrogen-bond acceptors (Lipinski definition) is 4. The van der Waals surface area contributed by atoms with E-state index in [1.54, 1.807) is 29.2 Å². The Labute approximate surface area is 214 Å². The molecular weight excluding hydrogens is 469 g/mol. The van der Waals surface area contributed by atoms with Gasteiger partial charge in [0, 0.05) is 17.3 Å². The Hall–Kier alpha value is -3.84. The third-order valence-corrected chi connectivity index (χ3v) is 8.66. The van der Waals surface area contributed by atoms with Crippen molar-refractivity contribution in [3.8, 4) is 0 Å². The topological polar surface area (TPSA) is 60.9 Å². The summed E-state index contributed by atoms with van der Waals surface area (Å²) in [7, 11) is 0. The van der Waals surface area contributed by atoms with E-state index in [1.165, 1.54) is 17.0 Å². The Kier molecular flexibility index (Phi) is 4.88. The number of carbonyl (C=O) groups is 3. The number of hydrogen-bond donors (Lipinski definition) is 0. The molecule has 3 fully saturated rings. The molecule has 4 aliphatic heterocycles. The van der Waals surface area contributed by atoms with Gasteiger partial charge in [0.1, 0.15) is 11.4 Å². The first kappa shape index (κ1) is 22.4. The third kappa shape index (κ3) is 2.92. The fourth-order valence-corrected chi connectivity index (χ4v) is 7.27. The van der Waals surface area contributed by atoms with E-state index in [0.717, 1.165) is 36.1 Å². The molecule has 4 heterocycles. The van der Waals surface area contributed by atoms with E-state index in [9.17, 15) is 18.8 Å². The molecule has 7 heteroatoms. The van der Waals surface area contributed by atoms with Crippen LogP contribution in [0.5, 0.6) is 0 Å². The number of halogens is 1. The van der Waals surface area contributed by atoms with Gasteiger partial charge in [0.25, 0.3) is 5.91 Å². The smallest absolute Gasteiger partial charge is 0.253 e. The van der Waals surface area contributed by atoms with E-state index in [2.05, 4.69) is 4.90 Å². The van der Waals surface area contributed by atoms with Gasteiger partial charge in [0.15, 0.2) is 0 Å². The Balaban J connectivity index is 1.40. The lowest BCUT2D eigenvalue weighted by Crippen LogP contribution is -2.58. The predicted octanol–water partition coefficient (Wildman–Crippen LogP) is 4.24. The molecule has 3 amide bonds. The Morgan fingerprint density at radius 2 is 1.57 bits per heavy atom. The molecular formula is C30H26FN3O3. The van der Waals surface area contributed by atoms with E-state index in [-0.39, 0.29) is 36.1 Å². The van der Waals surface area contributed by atoms with Crippen molar-refractivity contribution >= 4 is 29.1 Å². The van der Waals surface area contributed by atoms with Gasteiger partial charge in [-0.1, -0.05) is 55.0 Å².